The Bertz CT molecular complexity index is 1100. The van der Waals surface area contributed by atoms with E-state index in [-0.39, 0.29) is 11.8 Å². The van der Waals surface area contributed by atoms with Crippen molar-refractivity contribution in [3.63, 3.8) is 0 Å². The number of carboxylic acid groups (broad SMARTS) is 2. The second kappa shape index (κ2) is 9.00. The number of hydrogen-bond donors (Lipinski definition) is 4. The van der Waals surface area contributed by atoms with Gasteiger partial charge in [0.05, 0.1) is 5.92 Å². The summed E-state index contributed by atoms with van der Waals surface area (Å²) in [5.74, 6) is -2.36. The molecule has 8 nitrogen and oxygen atoms in total. The summed E-state index contributed by atoms with van der Waals surface area (Å²) in [6.07, 6.45) is 10.1. The molecule has 1 aromatic heterocycles. The van der Waals surface area contributed by atoms with Gasteiger partial charge >= 0.3 is 11.9 Å². The molecule has 4 N–H and O–H groups in total. The second-order valence-electron chi connectivity index (χ2n) is 8.58. The summed E-state index contributed by atoms with van der Waals surface area (Å²) in [6.45, 7) is 0.808. The van der Waals surface area contributed by atoms with Gasteiger partial charge in [-0.25, -0.2) is 9.59 Å². The Labute approximate surface area is 185 Å². The topological polar surface area (TPSA) is 123 Å². The molecule has 1 amide bonds. The number of hydrogen-bond acceptors (Lipinski definition) is 4. The quantitative estimate of drug-likeness (QED) is 0.545. The minimum Gasteiger partial charge on any atom is -0.478 e. The molecule has 1 fully saturated rings. The van der Waals surface area contributed by atoms with E-state index in [0.717, 1.165) is 25.8 Å². The number of fused-ring (bicyclic) bond motifs is 2. The first-order valence-electron chi connectivity index (χ1n) is 10.8. The third-order valence-electron chi connectivity index (χ3n) is 6.43. The van der Waals surface area contributed by atoms with Crippen LogP contribution in [0.15, 0.2) is 42.6 Å². The Balaban J connectivity index is 0.000000265. The minimum atomic E-state index is -1.26. The van der Waals surface area contributed by atoms with Gasteiger partial charge in [-0.15, -0.1) is 0 Å². The van der Waals surface area contributed by atoms with E-state index in [1.54, 1.807) is 0 Å². The van der Waals surface area contributed by atoms with Crippen LogP contribution in [0.2, 0.25) is 0 Å². The Morgan fingerprint density at radius 2 is 1.88 bits per heavy atom. The molecule has 32 heavy (non-hydrogen) atoms. The fourth-order valence-electron chi connectivity index (χ4n) is 4.62. The lowest BCUT2D eigenvalue weighted by Gasteiger charge is -2.40. The number of benzene rings is 1. The maximum absolute atomic E-state index is 12.7. The lowest BCUT2D eigenvalue weighted by Crippen LogP contribution is -2.49. The zero-order valence-electron chi connectivity index (χ0n) is 17.9. The van der Waals surface area contributed by atoms with Crippen LogP contribution >= 0.6 is 0 Å². The van der Waals surface area contributed by atoms with Gasteiger partial charge in [-0.2, -0.15) is 0 Å². The molecule has 1 aliphatic heterocycles. The summed E-state index contributed by atoms with van der Waals surface area (Å²) in [6, 6.07) is 7.24. The Morgan fingerprint density at radius 3 is 2.50 bits per heavy atom. The van der Waals surface area contributed by atoms with Crippen molar-refractivity contribution in [1.82, 2.24) is 15.2 Å². The summed E-state index contributed by atoms with van der Waals surface area (Å²) in [7, 11) is 2.15. The van der Waals surface area contributed by atoms with Crippen molar-refractivity contribution < 1.29 is 24.6 Å². The van der Waals surface area contributed by atoms with Crippen LogP contribution in [0, 0.1) is 5.92 Å². The summed E-state index contributed by atoms with van der Waals surface area (Å²) in [4.78, 5) is 37.5. The zero-order chi connectivity index (χ0) is 22.8. The van der Waals surface area contributed by atoms with Crippen LogP contribution in [0.1, 0.15) is 30.4 Å². The average molecular weight is 437 g/mol. The van der Waals surface area contributed by atoms with Gasteiger partial charge in [0.25, 0.3) is 0 Å². The van der Waals surface area contributed by atoms with E-state index in [4.69, 9.17) is 10.2 Å². The van der Waals surface area contributed by atoms with Crippen molar-refractivity contribution in [3.8, 4) is 0 Å². The van der Waals surface area contributed by atoms with Crippen LogP contribution < -0.4 is 5.32 Å². The normalized spacial score (nSPS) is 22.3. The fourth-order valence-corrected chi connectivity index (χ4v) is 4.62. The first kappa shape index (κ1) is 21.8. The van der Waals surface area contributed by atoms with Crippen molar-refractivity contribution in [2.75, 3.05) is 13.6 Å². The molecule has 0 bridgehead atoms. The highest BCUT2D eigenvalue weighted by Gasteiger charge is 2.36. The number of amides is 1. The zero-order valence-corrected chi connectivity index (χ0v) is 17.9. The molecule has 0 unspecified atom stereocenters. The molecular formula is C24H27N3O5. The van der Waals surface area contributed by atoms with Gasteiger partial charge in [0.1, 0.15) is 0 Å². The monoisotopic (exact) mass is 437 g/mol. The Kier molecular flexibility index (Phi) is 6.14. The SMILES string of the molecule is CN1C[C@H](C(=O)NC2CCC2)C=C2c3cccc4[nH]cc(c34)C[C@H]21.O=C(O)/C=C\C(=O)O. The highest BCUT2D eigenvalue weighted by molar-refractivity contribution is 5.99. The highest BCUT2D eigenvalue weighted by atomic mass is 16.4. The Morgan fingerprint density at radius 1 is 1.16 bits per heavy atom. The number of aromatic amines is 1. The van der Waals surface area contributed by atoms with Crippen LogP contribution in [0.3, 0.4) is 0 Å². The molecule has 2 heterocycles. The van der Waals surface area contributed by atoms with Crippen LogP contribution in [-0.2, 0) is 20.8 Å². The van der Waals surface area contributed by atoms with Crippen LogP contribution in [0.5, 0.6) is 0 Å². The molecule has 1 saturated carbocycles. The smallest absolute Gasteiger partial charge is 0.328 e. The number of carboxylic acids is 2. The van der Waals surface area contributed by atoms with Gasteiger partial charge in [0, 0.05) is 47.9 Å². The molecular weight excluding hydrogens is 410 g/mol. The van der Waals surface area contributed by atoms with Crippen molar-refractivity contribution in [2.45, 2.75) is 37.8 Å². The van der Waals surface area contributed by atoms with E-state index >= 15 is 0 Å². The number of H-pyrrole nitrogens is 1. The van der Waals surface area contributed by atoms with Crippen molar-refractivity contribution in [3.05, 3.63) is 53.8 Å². The first-order chi connectivity index (χ1) is 15.3. The minimum absolute atomic E-state index is 0.0439. The lowest BCUT2D eigenvalue weighted by molar-refractivity contribution is -0.134. The van der Waals surface area contributed by atoms with Crippen molar-refractivity contribution in [2.24, 2.45) is 5.92 Å². The van der Waals surface area contributed by atoms with Gasteiger partial charge in [0.15, 0.2) is 0 Å². The summed E-state index contributed by atoms with van der Waals surface area (Å²) in [5, 5.41) is 20.2. The maximum atomic E-state index is 12.7. The number of aliphatic carboxylic acids is 2. The van der Waals surface area contributed by atoms with E-state index < -0.39 is 11.9 Å². The molecule has 8 heteroatoms. The molecule has 3 aliphatic rings. The summed E-state index contributed by atoms with van der Waals surface area (Å²) in [5.41, 5.74) is 5.22. The molecule has 2 atom stereocenters. The average Bonchev–Trinajstić information content (AvgIpc) is 3.14. The van der Waals surface area contributed by atoms with E-state index in [0.29, 0.717) is 24.2 Å². The number of carbonyl (C=O) groups excluding carboxylic acids is 1. The van der Waals surface area contributed by atoms with Gasteiger partial charge in [-0.3, -0.25) is 9.69 Å². The van der Waals surface area contributed by atoms with Gasteiger partial charge in [-0.05, 0) is 55.5 Å². The largest absolute Gasteiger partial charge is 0.478 e. The molecule has 0 radical (unpaired) electrons. The van der Waals surface area contributed by atoms with E-state index in [1.807, 2.05) is 0 Å². The number of rotatable bonds is 4. The van der Waals surface area contributed by atoms with E-state index in [2.05, 4.69) is 52.7 Å². The molecule has 168 valence electrons. The molecule has 2 aliphatic carbocycles. The number of nitrogens with zero attached hydrogens (tertiary/aromatic N) is 1. The Hall–Kier alpha value is -3.39. The second-order valence-corrected chi connectivity index (χ2v) is 8.58. The number of likely N-dealkylation sites (N-methyl/N-ethyl adjacent to an activating group) is 1. The third-order valence-corrected chi connectivity index (χ3v) is 6.43. The standard InChI is InChI=1S/C20H23N3O.C4H4O4/c1-23-11-13(20(24)22-14-4-2-5-14)8-16-15-6-3-7-17-19(15)12(10-21-17)9-18(16)23;5-3(6)1-2-4(7)8/h3,6-8,10,13-14,18,21H,2,4-5,9,11H2,1H3,(H,22,24);1-2H,(H,5,6)(H,7,8)/b;2-1-/t13-,18-;/m1./s1. The van der Waals surface area contributed by atoms with Crippen molar-refractivity contribution in [1.29, 1.82) is 0 Å². The summed E-state index contributed by atoms with van der Waals surface area (Å²) >= 11 is 0. The van der Waals surface area contributed by atoms with E-state index in [9.17, 15) is 14.4 Å². The molecule has 2 aromatic rings. The van der Waals surface area contributed by atoms with E-state index in [1.165, 1.54) is 34.0 Å². The molecule has 5 rings (SSSR count). The van der Waals surface area contributed by atoms with Crippen LogP contribution in [-0.4, -0.2) is 63.6 Å². The molecule has 1 aromatic carbocycles. The van der Waals surface area contributed by atoms with Crippen LogP contribution in [0.4, 0.5) is 0 Å². The summed E-state index contributed by atoms with van der Waals surface area (Å²) < 4.78 is 0. The highest BCUT2D eigenvalue weighted by Crippen LogP contribution is 2.40. The molecule has 0 spiro atoms. The van der Waals surface area contributed by atoms with Gasteiger partial charge in [-0.1, -0.05) is 18.2 Å². The number of nitrogens with one attached hydrogen (secondary N) is 2. The predicted octanol–water partition coefficient (Wildman–Crippen LogP) is 2.42. The number of carbonyl (C=O) groups is 3. The first-order valence-corrected chi connectivity index (χ1v) is 10.8. The van der Waals surface area contributed by atoms with Crippen LogP contribution in [0.25, 0.3) is 16.5 Å². The number of aromatic nitrogens is 1. The van der Waals surface area contributed by atoms with Gasteiger partial charge < -0.3 is 20.5 Å². The lowest BCUT2D eigenvalue weighted by atomic mass is 9.79. The maximum Gasteiger partial charge on any atom is 0.328 e. The molecule has 0 saturated heterocycles. The van der Waals surface area contributed by atoms with Gasteiger partial charge in [0.2, 0.25) is 5.91 Å². The van der Waals surface area contributed by atoms with Crippen molar-refractivity contribution >= 4 is 34.3 Å². The third kappa shape index (κ3) is 4.45. The fraction of sp³-hybridized carbons (Fsp3) is 0.375. The predicted molar refractivity (Wildman–Crippen MR) is 120 cm³/mol.